The van der Waals surface area contributed by atoms with Gasteiger partial charge >= 0.3 is 12.1 Å². The average molecular weight is 278 g/mol. The molecule has 1 atom stereocenters. The molecule has 1 aromatic carbocycles. The van der Waals surface area contributed by atoms with E-state index in [4.69, 9.17) is 9.47 Å². The van der Waals surface area contributed by atoms with Crippen LogP contribution in [0.3, 0.4) is 0 Å². The van der Waals surface area contributed by atoms with E-state index in [1.165, 1.54) is 13.2 Å². The van der Waals surface area contributed by atoms with Crippen molar-refractivity contribution in [2.75, 3.05) is 13.7 Å². The number of rotatable bonds is 6. The van der Waals surface area contributed by atoms with Crippen LogP contribution in [-0.2, 0) is 25.6 Å². The van der Waals surface area contributed by atoms with Crippen molar-refractivity contribution in [3.05, 3.63) is 48.0 Å². The summed E-state index contributed by atoms with van der Waals surface area (Å²) < 4.78 is 14.3. The summed E-state index contributed by atoms with van der Waals surface area (Å²) >= 11 is 0. The van der Waals surface area contributed by atoms with Crippen molar-refractivity contribution in [1.29, 1.82) is 0 Å². The summed E-state index contributed by atoms with van der Waals surface area (Å²) in [5.41, 5.74) is 0.892. The lowest BCUT2D eigenvalue weighted by Gasteiger charge is -2.08. The van der Waals surface area contributed by atoms with Gasteiger partial charge in [-0.2, -0.15) is 0 Å². The molecule has 5 nitrogen and oxygen atoms in total. The van der Waals surface area contributed by atoms with Gasteiger partial charge in [-0.3, -0.25) is 0 Å². The third-order valence-corrected chi connectivity index (χ3v) is 2.43. The van der Waals surface area contributed by atoms with Crippen LogP contribution < -0.4 is 0 Å². The Hall–Kier alpha value is -2.30. The first-order valence-electron chi connectivity index (χ1n) is 6.21. The number of hydrogen-bond donors (Lipinski definition) is 0. The highest BCUT2D eigenvalue weighted by Gasteiger charge is 2.07. The van der Waals surface area contributed by atoms with Gasteiger partial charge in [0.25, 0.3) is 0 Å². The van der Waals surface area contributed by atoms with Gasteiger partial charge in [-0.25, -0.2) is 9.59 Å². The highest BCUT2D eigenvalue weighted by Crippen LogP contribution is 2.03. The molecule has 0 saturated heterocycles. The van der Waals surface area contributed by atoms with Gasteiger partial charge in [0.15, 0.2) is 0 Å². The maximum absolute atomic E-state index is 11.4. The van der Waals surface area contributed by atoms with E-state index in [-0.39, 0.29) is 19.1 Å². The summed E-state index contributed by atoms with van der Waals surface area (Å²) in [6, 6.07) is 9.33. The first-order valence-corrected chi connectivity index (χ1v) is 6.21. The molecular formula is C15H18O5. The lowest BCUT2D eigenvalue weighted by Crippen LogP contribution is -2.12. The molecule has 0 N–H and O–H groups in total. The second-order valence-electron chi connectivity index (χ2n) is 4.19. The molecule has 0 saturated carbocycles. The van der Waals surface area contributed by atoms with Crippen LogP contribution in [0.2, 0.25) is 0 Å². The monoisotopic (exact) mass is 278 g/mol. The minimum atomic E-state index is -0.729. The molecule has 0 heterocycles. The van der Waals surface area contributed by atoms with Crippen molar-refractivity contribution in [3.63, 3.8) is 0 Å². The summed E-state index contributed by atoms with van der Waals surface area (Å²) in [6.07, 6.45) is 2.17. The van der Waals surface area contributed by atoms with Gasteiger partial charge in [-0.15, -0.1) is 0 Å². The van der Waals surface area contributed by atoms with E-state index >= 15 is 0 Å². The standard InChI is InChI=1S/C15H18O5/c1-12(8-9-14(16)18-2)10-19-15(17)20-11-13-6-4-3-5-7-13/h3-9,12H,10-11H2,1-2H3/b9-8+. The van der Waals surface area contributed by atoms with Gasteiger partial charge in [0.05, 0.1) is 7.11 Å². The van der Waals surface area contributed by atoms with E-state index in [2.05, 4.69) is 4.74 Å². The number of hydrogen-bond acceptors (Lipinski definition) is 5. The number of carbonyl (C=O) groups excluding carboxylic acids is 2. The average Bonchev–Trinajstić information content (AvgIpc) is 2.49. The van der Waals surface area contributed by atoms with Crippen LogP contribution in [0.4, 0.5) is 4.79 Å². The fourth-order valence-corrected chi connectivity index (χ4v) is 1.32. The first-order chi connectivity index (χ1) is 9.61. The minimum Gasteiger partial charge on any atom is -0.466 e. The topological polar surface area (TPSA) is 61.8 Å². The van der Waals surface area contributed by atoms with Gasteiger partial charge in [0.2, 0.25) is 0 Å². The van der Waals surface area contributed by atoms with Crippen LogP contribution in [0.5, 0.6) is 0 Å². The normalized spacial score (nSPS) is 11.9. The van der Waals surface area contributed by atoms with Crippen LogP contribution in [0, 0.1) is 5.92 Å². The zero-order valence-corrected chi connectivity index (χ0v) is 11.6. The fraction of sp³-hybridized carbons (Fsp3) is 0.333. The molecule has 0 aliphatic heterocycles. The molecule has 0 fully saturated rings. The molecule has 0 amide bonds. The molecule has 0 aliphatic rings. The fourth-order valence-electron chi connectivity index (χ4n) is 1.32. The van der Waals surface area contributed by atoms with Gasteiger partial charge in [0, 0.05) is 12.0 Å². The zero-order chi connectivity index (χ0) is 14.8. The zero-order valence-electron chi connectivity index (χ0n) is 11.6. The molecule has 0 aliphatic carbocycles. The Labute approximate surface area is 118 Å². The first kappa shape index (κ1) is 15.8. The highest BCUT2D eigenvalue weighted by molar-refractivity contribution is 5.81. The predicted octanol–water partition coefficient (Wildman–Crippen LogP) is 2.71. The number of benzene rings is 1. The van der Waals surface area contributed by atoms with Crippen LogP contribution in [-0.4, -0.2) is 25.8 Å². The van der Waals surface area contributed by atoms with Crippen molar-refractivity contribution < 1.29 is 23.8 Å². The van der Waals surface area contributed by atoms with Crippen molar-refractivity contribution >= 4 is 12.1 Å². The van der Waals surface area contributed by atoms with Crippen LogP contribution in [0.25, 0.3) is 0 Å². The second kappa shape index (κ2) is 8.74. The summed E-state index contributed by atoms with van der Waals surface area (Å²) in [4.78, 5) is 22.2. The molecule has 5 heteroatoms. The quantitative estimate of drug-likeness (QED) is 0.591. The van der Waals surface area contributed by atoms with Gasteiger partial charge in [-0.1, -0.05) is 43.3 Å². The number of ether oxygens (including phenoxy) is 3. The largest absolute Gasteiger partial charge is 0.508 e. The van der Waals surface area contributed by atoms with Crippen LogP contribution in [0.1, 0.15) is 12.5 Å². The van der Waals surface area contributed by atoms with Crippen molar-refractivity contribution in [2.24, 2.45) is 5.92 Å². The summed E-state index contributed by atoms with van der Waals surface area (Å²) in [6.45, 7) is 2.12. The van der Waals surface area contributed by atoms with Crippen molar-refractivity contribution in [2.45, 2.75) is 13.5 Å². The molecule has 1 rings (SSSR count). The molecule has 1 unspecified atom stereocenters. The lowest BCUT2D eigenvalue weighted by atomic mass is 10.2. The Morgan fingerprint density at radius 3 is 2.55 bits per heavy atom. The molecule has 1 aromatic rings. The Bertz CT molecular complexity index is 453. The molecule has 0 aromatic heterocycles. The second-order valence-corrected chi connectivity index (χ2v) is 4.19. The van der Waals surface area contributed by atoms with E-state index in [0.29, 0.717) is 0 Å². The molecule has 20 heavy (non-hydrogen) atoms. The lowest BCUT2D eigenvalue weighted by molar-refractivity contribution is -0.134. The third-order valence-electron chi connectivity index (χ3n) is 2.43. The number of esters is 1. The maximum Gasteiger partial charge on any atom is 0.508 e. The van der Waals surface area contributed by atoms with E-state index in [9.17, 15) is 9.59 Å². The maximum atomic E-state index is 11.4. The smallest absolute Gasteiger partial charge is 0.466 e. The van der Waals surface area contributed by atoms with E-state index < -0.39 is 12.1 Å². The molecule has 0 radical (unpaired) electrons. The number of carbonyl (C=O) groups is 2. The molecule has 108 valence electrons. The van der Waals surface area contributed by atoms with E-state index in [1.807, 2.05) is 37.3 Å². The Morgan fingerprint density at radius 1 is 1.20 bits per heavy atom. The van der Waals surface area contributed by atoms with Gasteiger partial charge in [-0.05, 0) is 5.56 Å². The Balaban J connectivity index is 2.23. The minimum absolute atomic E-state index is 0.0987. The molecule has 0 spiro atoms. The summed E-state index contributed by atoms with van der Waals surface area (Å²) in [5, 5.41) is 0. The summed E-state index contributed by atoms with van der Waals surface area (Å²) in [7, 11) is 1.30. The van der Waals surface area contributed by atoms with E-state index in [1.54, 1.807) is 6.08 Å². The third kappa shape index (κ3) is 6.58. The predicted molar refractivity (Wildman–Crippen MR) is 72.9 cm³/mol. The van der Waals surface area contributed by atoms with Crippen LogP contribution in [0.15, 0.2) is 42.5 Å². The van der Waals surface area contributed by atoms with Crippen molar-refractivity contribution in [1.82, 2.24) is 0 Å². The van der Waals surface area contributed by atoms with Crippen molar-refractivity contribution in [3.8, 4) is 0 Å². The van der Waals surface area contributed by atoms with Gasteiger partial charge in [0.1, 0.15) is 13.2 Å². The Kier molecular flexibility index (Phi) is 6.89. The van der Waals surface area contributed by atoms with Gasteiger partial charge < -0.3 is 14.2 Å². The van der Waals surface area contributed by atoms with Crippen LogP contribution >= 0.6 is 0 Å². The summed E-state index contributed by atoms with van der Waals surface area (Å²) in [5.74, 6) is -0.540. The molecular weight excluding hydrogens is 260 g/mol. The number of methoxy groups -OCH3 is 1. The SMILES string of the molecule is COC(=O)/C=C/C(C)COC(=O)OCc1ccccc1. The molecule has 0 bridgehead atoms. The highest BCUT2D eigenvalue weighted by atomic mass is 16.7. The Morgan fingerprint density at radius 2 is 1.90 bits per heavy atom. The van der Waals surface area contributed by atoms with E-state index in [0.717, 1.165) is 5.56 Å².